The first-order valence-corrected chi connectivity index (χ1v) is 4.87. The van der Waals surface area contributed by atoms with Crippen molar-refractivity contribution in [1.29, 1.82) is 0 Å². The first-order chi connectivity index (χ1) is 5.81. The van der Waals surface area contributed by atoms with Gasteiger partial charge >= 0.3 is 0 Å². The molecule has 0 aromatic heterocycles. The van der Waals surface area contributed by atoms with Crippen molar-refractivity contribution in [2.24, 2.45) is 0 Å². The molecule has 0 radical (unpaired) electrons. The van der Waals surface area contributed by atoms with Crippen LogP contribution in [0.2, 0.25) is 0 Å². The average Bonchev–Trinajstić information content (AvgIpc) is 2.55. The Balaban J connectivity index is 2.10. The number of hydrogen-bond acceptors (Lipinski definition) is 2. The summed E-state index contributed by atoms with van der Waals surface area (Å²) in [6.07, 6.45) is 8.28. The lowest BCUT2D eigenvalue weighted by atomic mass is 9.97. The van der Waals surface area contributed by atoms with Gasteiger partial charge in [0, 0.05) is 0 Å². The van der Waals surface area contributed by atoms with E-state index in [1.54, 1.807) is 0 Å². The van der Waals surface area contributed by atoms with Crippen LogP contribution in [0.15, 0.2) is 11.8 Å². The van der Waals surface area contributed by atoms with Gasteiger partial charge in [0.2, 0.25) is 0 Å². The Kier molecular flexibility index (Phi) is 2.09. The van der Waals surface area contributed by atoms with Crippen LogP contribution in [0.5, 0.6) is 0 Å². The van der Waals surface area contributed by atoms with Crippen molar-refractivity contribution in [2.75, 3.05) is 6.61 Å². The summed E-state index contributed by atoms with van der Waals surface area (Å²) in [5.41, 5.74) is -0.597. The molecule has 0 spiro atoms. The maximum Gasteiger partial charge on any atom is 0.124 e. The van der Waals surface area contributed by atoms with Crippen LogP contribution in [0.25, 0.3) is 0 Å². The Hall–Kier alpha value is -0.500. The lowest BCUT2D eigenvalue weighted by Gasteiger charge is -2.28. The molecule has 2 rings (SSSR count). The molecule has 1 fully saturated rings. The van der Waals surface area contributed by atoms with Gasteiger partial charge in [0.1, 0.15) is 11.4 Å². The first kappa shape index (κ1) is 8.11. The summed E-state index contributed by atoms with van der Waals surface area (Å²) in [6.45, 7) is 0.786. The van der Waals surface area contributed by atoms with Crippen molar-refractivity contribution < 1.29 is 9.84 Å². The Morgan fingerprint density at radius 2 is 2.00 bits per heavy atom. The Morgan fingerprint density at radius 3 is 2.58 bits per heavy atom. The van der Waals surface area contributed by atoms with E-state index in [-0.39, 0.29) is 0 Å². The van der Waals surface area contributed by atoms with E-state index in [0.717, 1.165) is 50.9 Å². The van der Waals surface area contributed by atoms with Gasteiger partial charge in [-0.3, -0.25) is 0 Å². The predicted octanol–water partition coefficient (Wildman–Crippen LogP) is 1.99. The minimum absolute atomic E-state index is 0.597. The fourth-order valence-corrected chi connectivity index (χ4v) is 2.09. The van der Waals surface area contributed by atoms with Crippen molar-refractivity contribution >= 4 is 0 Å². The summed E-state index contributed by atoms with van der Waals surface area (Å²) >= 11 is 0. The van der Waals surface area contributed by atoms with Gasteiger partial charge in [-0.2, -0.15) is 0 Å². The van der Waals surface area contributed by atoms with Gasteiger partial charge in [-0.25, -0.2) is 0 Å². The third kappa shape index (κ3) is 1.36. The van der Waals surface area contributed by atoms with Crippen LogP contribution >= 0.6 is 0 Å². The van der Waals surface area contributed by atoms with Crippen LogP contribution in [-0.4, -0.2) is 17.3 Å². The highest BCUT2D eigenvalue weighted by Crippen LogP contribution is 2.37. The smallest absolute Gasteiger partial charge is 0.124 e. The number of hydrogen-bond donors (Lipinski definition) is 1. The quantitative estimate of drug-likeness (QED) is 0.648. The zero-order chi connectivity index (χ0) is 8.44. The van der Waals surface area contributed by atoms with E-state index < -0.39 is 5.60 Å². The summed E-state index contributed by atoms with van der Waals surface area (Å²) in [7, 11) is 0. The van der Waals surface area contributed by atoms with Crippen LogP contribution in [0.3, 0.4) is 0 Å². The van der Waals surface area contributed by atoms with Gasteiger partial charge in [-0.15, -0.1) is 0 Å². The van der Waals surface area contributed by atoms with E-state index in [9.17, 15) is 5.11 Å². The molecule has 0 unspecified atom stereocenters. The minimum atomic E-state index is -0.597. The maximum atomic E-state index is 10.1. The second-order valence-electron chi connectivity index (χ2n) is 3.80. The summed E-state index contributed by atoms with van der Waals surface area (Å²) in [5.74, 6) is 0.853. The molecule has 2 aliphatic rings. The predicted molar refractivity (Wildman–Crippen MR) is 46.7 cm³/mol. The van der Waals surface area contributed by atoms with Crippen molar-refractivity contribution in [3.8, 4) is 0 Å². The fourth-order valence-electron chi connectivity index (χ4n) is 2.09. The van der Waals surface area contributed by atoms with E-state index in [1.807, 2.05) is 0 Å². The minimum Gasteiger partial charge on any atom is -0.495 e. The van der Waals surface area contributed by atoms with Gasteiger partial charge < -0.3 is 9.84 Å². The molecule has 12 heavy (non-hydrogen) atoms. The number of rotatable bonds is 1. The zero-order valence-electron chi connectivity index (χ0n) is 7.38. The van der Waals surface area contributed by atoms with E-state index in [0.29, 0.717) is 0 Å². The number of ether oxygens (including phenoxy) is 1. The van der Waals surface area contributed by atoms with E-state index in [4.69, 9.17) is 4.74 Å². The van der Waals surface area contributed by atoms with E-state index in [1.165, 1.54) is 0 Å². The molecule has 2 nitrogen and oxygen atoms in total. The van der Waals surface area contributed by atoms with Crippen LogP contribution in [0.1, 0.15) is 38.5 Å². The molecule has 2 heteroatoms. The largest absolute Gasteiger partial charge is 0.495 e. The van der Waals surface area contributed by atoms with Gasteiger partial charge in [-0.1, -0.05) is 0 Å². The summed E-state index contributed by atoms with van der Waals surface area (Å²) < 4.78 is 5.48. The average molecular weight is 168 g/mol. The first-order valence-electron chi connectivity index (χ1n) is 4.87. The molecular formula is C10H16O2. The zero-order valence-corrected chi connectivity index (χ0v) is 7.38. The molecule has 1 heterocycles. The van der Waals surface area contributed by atoms with Crippen LogP contribution < -0.4 is 0 Å². The van der Waals surface area contributed by atoms with Gasteiger partial charge in [-0.05, 0) is 44.6 Å². The maximum absolute atomic E-state index is 10.1. The topological polar surface area (TPSA) is 29.5 Å². The van der Waals surface area contributed by atoms with Gasteiger partial charge in [0.25, 0.3) is 0 Å². The van der Waals surface area contributed by atoms with Crippen molar-refractivity contribution in [3.05, 3.63) is 11.8 Å². The van der Waals surface area contributed by atoms with Crippen molar-refractivity contribution in [3.63, 3.8) is 0 Å². The second kappa shape index (κ2) is 3.09. The highest BCUT2D eigenvalue weighted by Gasteiger charge is 2.36. The highest BCUT2D eigenvalue weighted by atomic mass is 16.5. The molecular weight excluding hydrogens is 152 g/mol. The molecule has 0 aromatic carbocycles. The fraction of sp³-hybridized carbons (Fsp3) is 0.800. The molecule has 1 aliphatic carbocycles. The third-order valence-electron chi connectivity index (χ3n) is 2.83. The molecule has 0 atom stereocenters. The van der Waals surface area contributed by atoms with E-state index >= 15 is 0 Å². The Labute approximate surface area is 73.2 Å². The SMILES string of the molecule is OC1(C2=CCCCO2)CCCC1. The van der Waals surface area contributed by atoms with Crippen LogP contribution in [0, 0.1) is 0 Å². The molecule has 0 saturated heterocycles. The van der Waals surface area contributed by atoms with Gasteiger partial charge in [0.05, 0.1) is 6.61 Å². The second-order valence-corrected chi connectivity index (χ2v) is 3.80. The van der Waals surface area contributed by atoms with Crippen molar-refractivity contribution in [1.82, 2.24) is 0 Å². The standard InChI is InChI=1S/C10H16O2/c11-10(6-2-3-7-10)9-5-1-4-8-12-9/h5,11H,1-4,6-8H2. The number of allylic oxidation sites excluding steroid dienone is 1. The highest BCUT2D eigenvalue weighted by molar-refractivity contribution is 5.13. The van der Waals surface area contributed by atoms with E-state index in [2.05, 4.69) is 6.08 Å². The van der Waals surface area contributed by atoms with Gasteiger partial charge in [0.15, 0.2) is 0 Å². The normalized spacial score (nSPS) is 27.9. The summed E-state index contributed by atoms with van der Waals surface area (Å²) in [4.78, 5) is 0. The molecule has 0 bridgehead atoms. The van der Waals surface area contributed by atoms with Crippen LogP contribution in [-0.2, 0) is 4.74 Å². The molecule has 1 N–H and O–H groups in total. The number of aliphatic hydroxyl groups is 1. The lowest BCUT2D eigenvalue weighted by Crippen LogP contribution is -2.30. The Bertz CT molecular complexity index is 190. The molecule has 1 aliphatic heterocycles. The molecule has 0 amide bonds. The van der Waals surface area contributed by atoms with Crippen LogP contribution in [0.4, 0.5) is 0 Å². The van der Waals surface area contributed by atoms with Crippen molar-refractivity contribution in [2.45, 2.75) is 44.1 Å². The Morgan fingerprint density at radius 1 is 1.25 bits per heavy atom. The third-order valence-corrected chi connectivity index (χ3v) is 2.83. The summed E-state index contributed by atoms with van der Waals surface area (Å²) in [6, 6.07) is 0. The summed E-state index contributed by atoms with van der Waals surface area (Å²) in [5, 5.41) is 10.1. The lowest BCUT2D eigenvalue weighted by molar-refractivity contribution is 0.00951. The molecule has 0 aromatic rings. The molecule has 1 saturated carbocycles. The monoisotopic (exact) mass is 168 g/mol. The molecule has 68 valence electrons.